The Morgan fingerprint density at radius 1 is 1.06 bits per heavy atom. The first-order chi connectivity index (χ1) is 15.5. The van der Waals surface area contributed by atoms with E-state index in [2.05, 4.69) is 5.10 Å². The van der Waals surface area contributed by atoms with Crippen molar-refractivity contribution in [2.45, 2.75) is 25.5 Å². The molecule has 0 saturated heterocycles. The van der Waals surface area contributed by atoms with Crippen LogP contribution in [0.1, 0.15) is 29.2 Å². The van der Waals surface area contributed by atoms with E-state index in [4.69, 9.17) is 15.6 Å². The molecule has 3 aromatic carbocycles. The molecule has 1 amide bonds. The van der Waals surface area contributed by atoms with Crippen LogP contribution >= 0.6 is 0 Å². The third-order valence-corrected chi connectivity index (χ3v) is 5.25. The fraction of sp³-hybridized carbons (Fsp3) is 0.160. The van der Waals surface area contributed by atoms with Gasteiger partial charge in [-0.3, -0.25) is 14.3 Å². The van der Waals surface area contributed by atoms with Crippen LogP contribution in [0.2, 0.25) is 0 Å². The monoisotopic (exact) mass is 429 g/mol. The predicted molar refractivity (Wildman–Crippen MR) is 120 cm³/mol. The fourth-order valence-electron chi connectivity index (χ4n) is 3.72. The number of aliphatic carboxylic acids is 1. The number of benzene rings is 3. The number of fused-ring (bicyclic) bond motifs is 1. The minimum absolute atomic E-state index is 0.0512. The second-order valence-electron chi connectivity index (χ2n) is 7.51. The minimum Gasteiger partial charge on any atom is -0.481 e. The van der Waals surface area contributed by atoms with Crippen molar-refractivity contribution in [2.75, 3.05) is 0 Å². The van der Waals surface area contributed by atoms with Gasteiger partial charge in [0.25, 0.3) is 5.91 Å². The van der Waals surface area contributed by atoms with E-state index in [-0.39, 0.29) is 12.8 Å². The second kappa shape index (κ2) is 9.34. The maximum Gasteiger partial charge on any atom is 0.303 e. The molecule has 1 unspecified atom stereocenters. The maximum atomic E-state index is 12.5. The van der Waals surface area contributed by atoms with Crippen LogP contribution in [0.15, 0.2) is 79.1 Å². The van der Waals surface area contributed by atoms with E-state index < -0.39 is 18.0 Å². The summed E-state index contributed by atoms with van der Waals surface area (Å²) < 4.78 is 7.97. The number of rotatable bonds is 9. The number of aromatic nitrogens is 2. The molecule has 0 fully saturated rings. The molecule has 4 rings (SSSR count). The highest BCUT2D eigenvalue weighted by Crippen LogP contribution is 2.31. The lowest BCUT2D eigenvalue weighted by Crippen LogP contribution is -2.26. The molecule has 4 aromatic rings. The molecule has 0 aliphatic heterocycles. The first-order valence-electron chi connectivity index (χ1n) is 10.3. The molecule has 0 saturated carbocycles. The van der Waals surface area contributed by atoms with E-state index in [9.17, 15) is 9.59 Å². The number of aryl methyl sites for hydroxylation is 1. The van der Waals surface area contributed by atoms with Gasteiger partial charge in [-0.05, 0) is 40.5 Å². The molecule has 3 N–H and O–H groups in total. The Labute approximate surface area is 185 Å². The summed E-state index contributed by atoms with van der Waals surface area (Å²) in [6, 6.07) is 20.7. The Morgan fingerprint density at radius 3 is 2.62 bits per heavy atom. The number of amides is 1. The van der Waals surface area contributed by atoms with Crippen molar-refractivity contribution >= 4 is 22.6 Å². The molecule has 7 nitrogen and oxygen atoms in total. The van der Waals surface area contributed by atoms with Gasteiger partial charge in [0.15, 0.2) is 0 Å². The molecule has 32 heavy (non-hydrogen) atoms. The average Bonchev–Trinajstić information content (AvgIpc) is 3.29. The Bertz CT molecular complexity index is 1250. The summed E-state index contributed by atoms with van der Waals surface area (Å²) in [7, 11) is 0. The Hall–Kier alpha value is -4.13. The largest absolute Gasteiger partial charge is 0.481 e. The Balaban J connectivity index is 1.72. The van der Waals surface area contributed by atoms with E-state index in [1.54, 1.807) is 10.9 Å². The molecular weight excluding hydrogens is 406 g/mol. The lowest BCUT2D eigenvalue weighted by Gasteiger charge is -2.21. The summed E-state index contributed by atoms with van der Waals surface area (Å²) in [6.07, 6.45) is 2.74. The molecule has 0 aliphatic carbocycles. The lowest BCUT2D eigenvalue weighted by atomic mass is 9.99. The first kappa shape index (κ1) is 21.1. The normalized spacial score (nSPS) is 11.9. The lowest BCUT2D eigenvalue weighted by molar-refractivity contribution is -0.137. The van der Waals surface area contributed by atoms with Crippen LogP contribution in [0, 0.1) is 0 Å². The second-order valence-corrected chi connectivity index (χ2v) is 7.51. The molecule has 0 spiro atoms. The predicted octanol–water partition coefficient (Wildman–Crippen LogP) is 3.71. The van der Waals surface area contributed by atoms with Gasteiger partial charge in [-0.2, -0.15) is 5.10 Å². The van der Waals surface area contributed by atoms with Crippen LogP contribution in [0.5, 0.6) is 5.75 Å². The van der Waals surface area contributed by atoms with Crippen molar-refractivity contribution in [1.29, 1.82) is 0 Å². The molecular formula is C25H23N3O4. The summed E-state index contributed by atoms with van der Waals surface area (Å²) in [6.45, 7) is 0.512. The summed E-state index contributed by atoms with van der Waals surface area (Å²) in [5.41, 5.74) is 8.02. The Kier molecular flexibility index (Phi) is 6.17. The number of hydrogen-bond donors (Lipinski definition) is 2. The molecule has 1 aromatic heterocycles. The number of carbonyl (C=O) groups excluding carboxylic acids is 1. The third-order valence-electron chi connectivity index (χ3n) is 5.25. The van der Waals surface area contributed by atoms with Crippen molar-refractivity contribution < 1.29 is 19.4 Å². The maximum absolute atomic E-state index is 12.5. The number of hydrogen-bond acceptors (Lipinski definition) is 4. The van der Waals surface area contributed by atoms with Crippen molar-refractivity contribution in [1.82, 2.24) is 9.78 Å². The fourth-order valence-corrected chi connectivity index (χ4v) is 3.72. The molecule has 1 heterocycles. The van der Waals surface area contributed by atoms with Crippen LogP contribution in [-0.4, -0.2) is 26.8 Å². The molecule has 0 radical (unpaired) electrons. The molecule has 7 heteroatoms. The summed E-state index contributed by atoms with van der Waals surface area (Å²) in [5.74, 6) is -1.09. The Morgan fingerprint density at radius 2 is 1.88 bits per heavy atom. The number of carbonyl (C=O) groups is 2. The van der Waals surface area contributed by atoms with Crippen molar-refractivity contribution in [3.8, 4) is 5.75 Å². The van der Waals surface area contributed by atoms with E-state index in [1.807, 2.05) is 72.9 Å². The van der Waals surface area contributed by atoms with Gasteiger partial charge in [0.2, 0.25) is 6.10 Å². The van der Waals surface area contributed by atoms with E-state index in [0.29, 0.717) is 23.4 Å². The average molecular weight is 429 g/mol. The quantitative estimate of drug-likeness (QED) is 0.422. The zero-order valence-corrected chi connectivity index (χ0v) is 17.3. The van der Waals surface area contributed by atoms with Crippen LogP contribution in [0.25, 0.3) is 10.8 Å². The highest BCUT2D eigenvalue weighted by Gasteiger charge is 2.23. The number of primary amides is 1. The van der Waals surface area contributed by atoms with Crippen LogP contribution in [0.3, 0.4) is 0 Å². The molecule has 1 atom stereocenters. The zero-order chi connectivity index (χ0) is 22.5. The highest BCUT2D eigenvalue weighted by atomic mass is 16.5. The van der Waals surface area contributed by atoms with Gasteiger partial charge >= 0.3 is 5.97 Å². The number of carboxylic acid groups (broad SMARTS) is 1. The molecule has 0 aliphatic rings. The zero-order valence-electron chi connectivity index (χ0n) is 17.3. The van der Waals surface area contributed by atoms with Crippen LogP contribution in [0.4, 0.5) is 0 Å². The number of ether oxygens (including phenoxy) is 1. The van der Waals surface area contributed by atoms with Crippen molar-refractivity contribution in [3.63, 3.8) is 0 Å². The van der Waals surface area contributed by atoms with Gasteiger partial charge in [-0.15, -0.1) is 0 Å². The van der Waals surface area contributed by atoms with Gasteiger partial charge in [0.1, 0.15) is 5.75 Å². The van der Waals surface area contributed by atoms with Crippen LogP contribution < -0.4 is 10.5 Å². The third kappa shape index (κ3) is 4.78. The molecule has 162 valence electrons. The van der Waals surface area contributed by atoms with Gasteiger partial charge in [-0.1, -0.05) is 54.6 Å². The van der Waals surface area contributed by atoms with Gasteiger partial charge in [0, 0.05) is 24.4 Å². The summed E-state index contributed by atoms with van der Waals surface area (Å²) >= 11 is 0. The standard InChI is InChI=1S/C25H23N3O4/c26-25(31)24(21-8-3-6-18-5-1-2-7-20(18)21)32-22-15-17(16-28-14-4-13-27-28)9-10-19(22)11-12-23(29)30/h1-10,13-15,24H,11-12,16H2,(H2,26,31)(H,29,30). The van der Waals surface area contributed by atoms with Gasteiger partial charge in [0.05, 0.1) is 6.54 Å². The SMILES string of the molecule is NC(=O)C(Oc1cc(Cn2cccn2)ccc1CCC(=O)O)c1cccc2ccccc12. The van der Waals surface area contributed by atoms with Gasteiger partial charge < -0.3 is 15.6 Å². The minimum atomic E-state index is -1.02. The van der Waals surface area contributed by atoms with E-state index in [0.717, 1.165) is 16.3 Å². The summed E-state index contributed by atoms with van der Waals surface area (Å²) in [5, 5.41) is 15.2. The number of carboxylic acids is 1. The summed E-state index contributed by atoms with van der Waals surface area (Å²) in [4.78, 5) is 23.6. The van der Waals surface area contributed by atoms with Crippen molar-refractivity contribution in [2.24, 2.45) is 5.73 Å². The van der Waals surface area contributed by atoms with E-state index >= 15 is 0 Å². The van der Waals surface area contributed by atoms with E-state index in [1.165, 1.54) is 0 Å². The number of nitrogens with zero attached hydrogens (tertiary/aromatic N) is 2. The smallest absolute Gasteiger partial charge is 0.303 e. The number of nitrogens with two attached hydrogens (primary N) is 1. The highest BCUT2D eigenvalue weighted by molar-refractivity contribution is 5.91. The van der Waals surface area contributed by atoms with Crippen LogP contribution in [-0.2, 0) is 22.6 Å². The van der Waals surface area contributed by atoms with Gasteiger partial charge in [-0.25, -0.2) is 0 Å². The topological polar surface area (TPSA) is 107 Å². The molecule has 0 bridgehead atoms. The first-order valence-corrected chi connectivity index (χ1v) is 10.3. The van der Waals surface area contributed by atoms with Crippen molar-refractivity contribution in [3.05, 3.63) is 95.8 Å².